The fourth-order valence-corrected chi connectivity index (χ4v) is 1.82. The van der Waals surface area contributed by atoms with Crippen LogP contribution in [0.2, 0.25) is 0 Å². The van der Waals surface area contributed by atoms with E-state index in [-0.39, 0.29) is 17.3 Å². The summed E-state index contributed by atoms with van der Waals surface area (Å²) in [6.45, 7) is 9.39. The highest BCUT2D eigenvalue weighted by Gasteiger charge is 2.18. The van der Waals surface area contributed by atoms with Gasteiger partial charge in [-0.05, 0) is 17.8 Å². The van der Waals surface area contributed by atoms with Gasteiger partial charge in [0.25, 0.3) is 0 Å². The normalized spacial score (nSPS) is 11.1. The van der Waals surface area contributed by atoms with Gasteiger partial charge in [0.15, 0.2) is 0 Å². The molecule has 0 radical (unpaired) electrons. The lowest BCUT2D eigenvalue weighted by Crippen LogP contribution is -2.35. The number of nitrogens with one attached hydrogen (secondary N) is 1. The Morgan fingerprint density at radius 3 is 2.07 bits per heavy atom. The molecule has 0 aromatic rings. The summed E-state index contributed by atoms with van der Waals surface area (Å²) >= 11 is 4.67. The van der Waals surface area contributed by atoms with E-state index in [0.29, 0.717) is 24.3 Å². The van der Waals surface area contributed by atoms with E-state index in [2.05, 4.69) is 45.2 Å². The Kier molecular flexibility index (Phi) is 6.48. The average Bonchev–Trinajstić information content (AvgIpc) is 2.00. The molecule has 0 unspecified atom stereocenters. The molecular weight excluding hydrogens is 208 g/mol. The van der Waals surface area contributed by atoms with E-state index in [1.807, 2.05) is 0 Å². The Balaban J connectivity index is 4.00. The summed E-state index contributed by atoms with van der Waals surface area (Å²) in [6, 6.07) is 0. The molecular formula is C11H22N2OS. The molecule has 15 heavy (non-hydrogen) atoms. The average molecular weight is 230 g/mol. The van der Waals surface area contributed by atoms with Crippen molar-refractivity contribution in [2.75, 3.05) is 6.54 Å². The highest BCUT2D eigenvalue weighted by atomic mass is 32.1. The van der Waals surface area contributed by atoms with Gasteiger partial charge in [-0.2, -0.15) is 0 Å². The topological polar surface area (TPSA) is 55.1 Å². The summed E-state index contributed by atoms with van der Waals surface area (Å²) in [4.78, 5) is 11.6. The second-order valence-electron chi connectivity index (χ2n) is 4.60. The molecule has 0 aromatic heterocycles. The summed E-state index contributed by atoms with van der Waals surface area (Å²) in [7, 11) is 0. The molecule has 4 heteroatoms. The molecule has 1 amide bonds. The van der Waals surface area contributed by atoms with Crippen molar-refractivity contribution in [1.29, 1.82) is 0 Å². The van der Waals surface area contributed by atoms with Crippen molar-refractivity contribution in [2.45, 2.75) is 34.1 Å². The van der Waals surface area contributed by atoms with Crippen LogP contribution in [0.25, 0.3) is 0 Å². The number of carbonyl (C=O) groups excluding carboxylic acids is 1. The Hall–Kier alpha value is -0.640. The van der Waals surface area contributed by atoms with Crippen molar-refractivity contribution < 1.29 is 4.79 Å². The molecule has 0 aromatic carbocycles. The van der Waals surface area contributed by atoms with Gasteiger partial charge in [-0.3, -0.25) is 4.79 Å². The molecule has 3 nitrogen and oxygen atoms in total. The van der Waals surface area contributed by atoms with Gasteiger partial charge in [0, 0.05) is 6.54 Å². The monoisotopic (exact) mass is 230 g/mol. The maximum Gasteiger partial charge on any atom is 0.226 e. The third kappa shape index (κ3) is 6.44. The van der Waals surface area contributed by atoms with E-state index >= 15 is 0 Å². The van der Waals surface area contributed by atoms with Crippen molar-refractivity contribution in [1.82, 2.24) is 5.32 Å². The molecule has 0 rings (SSSR count). The first-order valence-corrected chi connectivity index (χ1v) is 5.80. The van der Waals surface area contributed by atoms with E-state index in [9.17, 15) is 4.79 Å². The predicted octanol–water partition coefficient (Wildman–Crippen LogP) is 1.71. The molecule has 0 fully saturated rings. The van der Waals surface area contributed by atoms with Gasteiger partial charge in [-0.1, -0.05) is 39.9 Å². The van der Waals surface area contributed by atoms with Crippen LogP contribution in [0.1, 0.15) is 34.1 Å². The molecule has 0 saturated carbocycles. The van der Waals surface area contributed by atoms with E-state index < -0.39 is 0 Å². The van der Waals surface area contributed by atoms with Crippen LogP contribution in [0.15, 0.2) is 0 Å². The molecule has 88 valence electrons. The van der Waals surface area contributed by atoms with Crippen LogP contribution in [0.3, 0.4) is 0 Å². The smallest absolute Gasteiger partial charge is 0.226 e. The van der Waals surface area contributed by atoms with E-state index in [1.54, 1.807) is 0 Å². The Morgan fingerprint density at radius 2 is 1.73 bits per heavy atom. The zero-order chi connectivity index (χ0) is 12.0. The number of hydrogen-bond acceptors (Lipinski definition) is 2. The van der Waals surface area contributed by atoms with Crippen LogP contribution in [0.5, 0.6) is 0 Å². The lowest BCUT2D eigenvalue weighted by molar-refractivity contribution is -0.120. The molecule has 0 heterocycles. The quantitative estimate of drug-likeness (QED) is 0.683. The Morgan fingerprint density at radius 1 is 1.27 bits per heavy atom. The molecule has 0 saturated heterocycles. The van der Waals surface area contributed by atoms with Crippen LogP contribution in [-0.2, 0) is 4.79 Å². The van der Waals surface area contributed by atoms with Crippen LogP contribution in [-0.4, -0.2) is 17.4 Å². The standard InChI is InChI=1S/C11H22N2OS/c1-7(2)9(8(3)4)6-13-11(14)5-10(12)15/h7-9H,5-6H2,1-4H3,(H2,12,15)(H,13,14). The maximum atomic E-state index is 11.3. The van der Waals surface area contributed by atoms with Gasteiger partial charge in [-0.15, -0.1) is 0 Å². The van der Waals surface area contributed by atoms with E-state index in [4.69, 9.17) is 5.73 Å². The lowest BCUT2D eigenvalue weighted by Gasteiger charge is -2.24. The number of rotatable bonds is 6. The van der Waals surface area contributed by atoms with Gasteiger partial charge < -0.3 is 11.1 Å². The summed E-state index contributed by atoms with van der Waals surface area (Å²) in [5, 5.41) is 2.87. The first-order valence-electron chi connectivity index (χ1n) is 5.39. The third-order valence-corrected chi connectivity index (χ3v) is 2.73. The largest absolute Gasteiger partial charge is 0.393 e. The van der Waals surface area contributed by atoms with Gasteiger partial charge in [-0.25, -0.2) is 0 Å². The van der Waals surface area contributed by atoms with Gasteiger partial charge >= 0.3 is 0 Å². The number of thiocarbonyl (C=S) groups is 1. The third-order valence-electron chi connectivity index (χ3n) is 2.58. The molecule has 0 aliphatic heterocycles. The summed E-state index contributed by atoms with van der Waals surface area (Å²) in [5.74, 6) is 1.55. The first-order chi connectivity index (χ1) is 6.84. The highest BCUT2D eigenvalue weighted by molar-refractivity contribution is 7.80. The number of amides is 1. The number of hydrogen-bond donors (Lipinski definition) is 2. The van der Waals surface area contributed by atoms with Crippen molar-refractivity contribution in [3.63, 3.8) is 0 Å². The molecule has 0 bridgehead atoms. The second-order valence-corrected chi connectivity index (χ2v) is 5.12. The second kappa shape index (κ2) is 6.77. The van der Waals surface area contributed by atoms with Crippen molar-refractivity contribution in [3.05, 3.63) is 0 Å². The Bertz CT molecular complexity index is 219. The van der Waals surface area contributed by atoms with Crippen molar-refractivity contribution in [3.8, 4) is 0 Å². The minimum Gasteiger partial charge on any atom is -0.393 e. The van der Waals surface area contributed by atoms with Gasteiger partial charge in [0.05, 0.1) is 11.4 Å². The van der Waals surface area contributed by atoms with Crippen LogP contribution in [0, 0.1) is 17.8 Å². The van der Waals surface area contributed by atoms with Crippen molar-refractivity contribution in [2.24, 2.45) is 23.5 Å². The minimum atomic E-state index is -0.0752. The van der Waals surface area contributed by atoms with Crippen LogP contribution in [0.4, 0.5) is 0 Å². The fourth-order valence-electron chi connectivity index (χ4n) is 1.69. The van der Waals surface area contributed by atoms with Gasteiger partial charge in [0.1, 0.15) is 0 Å². The molecule has 0 atom stereocenters. The lowest BCUT2D eigenvalue weighted by atomic mass is 9.85. The van der Waals surface area contributed by atoms with Crippen molar-refractivity contribution >= 4 is 23.1 Å². The van der Waals surface area contributed by atoms with E-state index in [1.165, 1.54) is 0 Å². The molecule has 0 aliphatic carbocycles. The first kappa shape index (κ1) is 14.4. The zero-order valence-electron chi connectivity index (χ0n) is 10.0. The number of nitrogens with two attached hydrogens (primary N) is 1. The fraction of sp³-hybridized carbons (Fsp3) is 0.818. The highest BCUT2D eigenvalue weighted by Crippen LogP contribution is 2.19. The van der Waals surface area contributed by atoms with Gasteiger partial charge in [0.2, 0.25) is 5.91 Å². The zero-order valence-corrected chi connectivity index (χ0v) is 10.9. The Labute approximate surface area is 97.8 Å². The van der Waals surface area contributed by atoms with Crippen LogP contribution < -0.4 is 11.1 Å². The summed E-state index contributed by atoms with van der Waals surface area (Å²) < 4.78 is 0. The van der Waals surface area contributed by atoms with Crippen LogP contribution >= 0.6 is 12.2 Å². The molecule has 0 aliphatic rings. The number of carbonyl (C=O) groups is 1. The molecule has 0 spiro atoms. The summed E-state index contributed by atoms with van der Waals surface area (Å²) in [6.07, 6.45) is 0.151. The SMILES string of the molecule is CC(C)C(CNC(=O)CC(N)=S)C(C)C. The predicted molar refractivity (Wildman–Crippen MR) is 67.6 cm³/mol. The van der Waals surface area contributed by atoms with E-state index in [0.717, 1.165) is 0 Å². The minimum absolute atomic E-state index is 0.0752. The summed E-state index contributed by atoms with van der Waals surface area (Å²) in [5.41, 5.74) is 5.29. The maximum absolute atomic E-state index is 11.3. The molecule has 3 N–H and O–H groups in total.